The Balaban J connectivity index is 0.000000106. The molecule has 17 nitrogen and oxygen atoms in total. The SMILES string of the molecule is Cc1ccc2c(oc3ccccc32)c1N1c2nccnc2N(c2ccccc2)C1C.[2H]C(C)(C)N1C=CN(c2c(C)ccc3c2oc2ccccc23)C1C.[2H]C(C)(C)N1C=CN(c2c(C)ccc3c2oc2ccccc23)C1C.[2H]C([2H])([2H])N1C=CN(c2c(C)ccc3c2oc2ccccc23)C1C.[2H]C([2H])([2H])N1c2ccccc2N(c2c(C)ccc3c2oc2ccccc23)C1C. The standard InChI is InChI=1S/C25H20N4O.C22H20N2O.2C20H22N2O.C18H18N2O/c1-16-12-13-20-19-10-6-7-11-21(19)30-23(20)22(16)29-17(2)28(18-8-4-3-5-9-18)24-25(29)27-15-14-26-24;1-14-12-13-17-16-8-4-7-11-20(16)25-22(17)21(14)24-15(2)23(3)18-9-5-6-10-19(18)24;2*1-13(2)21-11-12-22(15(21)4)19-14(3)9-10-17-16-7-5-6-8-18(16)23-20(17)19;1-12-8-9-15-14-6-4-5-7-16(14)21-18(15)17(12)20-11-10-19(3)13(20)2/h3-15,17H,1-2H3;4-13,15H,1-3H3;2*5-13,15H,1-4H3;4-11,13H,1-3H3/i;3D3;2*13D;3D3. The van der Waals surface area contributed by atoms with E-state index in [4.69, 9.17) is 38.0 Å². The van der Waals surface area contributed by atoms with Crippen LogP contribution in [0, 0.1) is 34.6 Å². The van der Waals surface area contributed by atoms with Gasteiger partial charge in [0.25, 0.3) is 0 Å². The van der Waals surface area contributed by atoms with Crippen LogP contribution in [-0.4, -0.2) is 81.5 Å². The molecule has 122 heavy (non-hydrogen) atoms. The highest BCUT2D eigenvalue weighted by Crippen LogP contribution is 2.52. The first kappa shape index (κ1) is 68.8. The van der Waals surface area contributed by atoms with Crippen LogP contribution in [0.4, 0.5) is 57.1 Å². The summed E-state index contributed by atoms with van der Waals surface area (Å²) in [6.45, 7) is 23.8. The highest BCUT2D eigenvalue weighted by Gasteiger charge is 2.41. The molecule has 5 aliphatic rings. The van der Waals surface area contributed by atoms with Crippen molar-refractivity contribution in [3.05, 3.63) is 314 Å². The van der Waals surface area contributed by atoms with Crippen LogP contribution in [0.2, 0.25) is 0 Å². The Kier molecular flexibility index (Phi) is 17.6. The van der Waals surface area contributed by atoms with Gasteiger partial charge in [0.2, 0.25) is 0 Å². The van der Waals surface area contributed by atoms with E-state index in [0.717, 1.165) is 178 Å². The molecular weight excluding hydrogens is 1510 g/mol. The third-order valence-electron chi connectivity index (χ3n) is 24.5. The summed E-state index contributed by atoms with van der Waals surface area (Å²) in [4.78, 5) is 29.3. The molecule has 0 saturated carbocycles. The zero-order valence-corrected chi connectivity index (χ0v) is 70.9. The number of aryl methyl sites for hydroxylation is 5. The number of anilines is 10. The molecule has 0 bridgehead atoms. The zero-order valence-electron chi connectivity index (χ0n) is 78.9. The van der Waals surface area contributed by atoms with Crippen molar-refractivity contribution in [2.75, 3.05) is 48.3 Å². The third kappa shape index (κ3) is 13.1. The summed E-state index contributed by atoms with van der Waals surface area (Å²) in [6, 6.07) is 78.2. The summed E-state index contributed by atoms with van der Waals surface area (Å²) in [7, 11) is 0. The maximum Gasteiger partial charge on any atom is 0.178 e. The molecule has 23 rings (SSSR count). The molecule has 0 N–H and O–H groups in total. The van der Waals surface area contributed by atoms with Gasteiger partial charge in [-0.15, -0.1) is 0 Å². The number of furan rings is 5. The van der Waals surface area contributed by atoms with Crippen LogP contribution in [0.3, 0.4) is 0 Å². The van der Waals surface area contributed by atoms with E-state index < -0.39 is 26.0 Å². The number of benzene rings is 12. The molecule has 0 radical (unpaired) electrons. The number of nitrogens with zero attached hydrogens (tertiary/aromatic N) is 12. The first-order valence-electron chi connectivity index (χ1n) is 45.7. The monoisotopic (exact) mass is 1620 g/mol. The van der Waals surface area contributed by atoms with E-state index >= 15 is 0 Å². The second kappa shape index (κ2) is 31.3. The molecule has 0 spiro atoms. The Bertz CT molecular complexity index is 7130. The predicted octanol–water partition coefficient (Wildman–Crippen LogP) is 27.1. The highest BCUT2D eigenvalue weighted by atomic mass is 16.3. The Hall–Kier alpha value is -14.1. The van der Waals surface area contributed by atoms with E-state index in [1.807, 2.05) is 228 Å². The van der Waals surface area contributed by atoms with E-state index in [1.165, 1.54) is 20.9 Å². The van der Waals surface area contributed by atoms with Crippen molar-refractivity contribution >= 4 is 167 Å². The van der Waals surface area contributed by atoms with Gasteiger partial charge in [0.15, 0.2) is 39.6 Å². The molecule has 0 aliphatic carbocycles. The van der Waals surface area contributed by atoms with Crippen molar-refractivity contribution in [3.8, 4) is 0 Å². The van der Waals surface area contributed by atoms with E-state index in [0.29, 0.717) is 5.69 Å². The minimum absolute atomic E-state index is 0.0117. The molecule has 0 saturated heterocycles. The molecule has 5 atom stereocenters. The molecule has 5 aliphatic heterocycles. The maximum absolute atomic E-state index is 8.34. The van der Waals surface area contributed by atoms with Crippen LogP contribution < -0.4 is 34.3 Å². The lowest BCUT2D eigenvalue weighted by molar-refractivity contribution is 0.263. The molecule has 5 unspecified atom stereocenters. The van der Waals surface area contributed by atoms with Gasteiger partial charge in [0, 0.05) is 143 Å². The topological polar surface area (TPSA) is 124 Å². The number of hydrogen-bond donors (Lipinski definition) is 0. The zero-order chi connectivity index (χ0) is 91.1. The number of rotatable bonds is 8. The molecule has 18 aromatic rings. The fourth-order valence-corrected chi connectivity index (χ4v) is 18.4. The van der Waals surface area contributed by atoms with Gasteiger partial charge in [-0.25, -0.2) is 9.97 Å². The van der Waals surface area contributed by atoms with Gasteiger partial charge < -0.3 is 66.2 Å². The van der Waals surface area contributed by atoms with Crippen LogP contribution in [-0.2, 0) is 0 Å². The largest absolute Gasteiger partial charge is 0.454 e. The summed E-state index contributed by atoms with van der Waals surface area (Å²) in [6.07, 6.45) is 14.5. The molecule has 17 heteroatoms. The fourth-order valence-electron chi connectivity index (χ4n) is 18.4. The predicted molar refractivity (Wildman–Crippen MR) is 506 cm³/mol. The lowest BCUT2D eigenvalue weighted by Gasteiger charge is -2.33. The smallest absolute Gasteiger partial charge is 0.178 e. The summed E-state index contributed by atoms with van der Waals surface area (Å²) in [5.41, 5.74) is 21.9. The number of para-hydroxylation sites is 8. The minimum atomic E-state index is -2.24. The first-order valence-corrected chi connectivity index (χ1v) is 41.7. The van der Waals surface area contributed by atoms with Gasteiger partial charge in [0.05, 0.1) is 42.6 Å². The normalized spacial score (nSPS) is 18.7. The summed E-state index contributed by atoms with van der Waals surface area (Å²) < 4.78 is 95.0. The lowest BCUT2D eigenvalue weighted by atomic mass is 10.1. The van der Waals surface area contributed by atoms with E-state index in [2.05, 4.69) is 180 Å². The molecule has 11 heterocycles. The van der Waals surface area contributed by atoms with Gasteiger partial charge >= 0.3 is 0 Å². The van der Waals surface area contributed by atoms with Crippen molar-refractivity contribution in [2.24, 2.45) is 0 Å². The average Bonchev–Trinajstić information content (AvgIpc) is 1.21. The van der Waals surface area contributed by atoms with Gasteiger partial charge in [-0.2, -0.15) is 0 Å². The van der Waals surface area contributed by atoms with Crippen molar-refractivity contribution in [2.45, 2.75) is 140 Å². The van der Waals surface area contributed by atoms with Crippen molar-refractivity contribution in [1.29, 1.82) is 0 Å². The molecule has 0 amide bonds. The quantitative estimate of drug-likeness (QED) is 0.143. The molecule has 0 fully saturated rings. The molecular formula is C105H102N12O5. The number of aromatic nitrogens is 2. The van der Waals surface area contributed by atoms with Crippen molar-refractivity contribution in [1.82, 2.24) is 24.7 Å². The maximum atomic E-state index is 8.34. The van der Waals surface area contributed by atoms with E-state index in [1.54, 1.807) is 18.6 Å². The second-order valence-corrected chi connectivity index (χ2v) is 32.4. The minimum Gasteiger partial charge on any atom is -0.454 e. The van der Waals surface area contributed by atoms with Crippen LogP contribution in [0.5, 0.6) is 0 Å². The fraction of sp³-hybridized carbons (Fsp3) is 0.219. The summed E-state index contributed by atoms with van der Waals surface area (Å²) in [5.74, 6) is 1.69. The first-order chi connectivity index (χ1) is 62.2. The average molecular weight is 1620 g/mol. The van der Waals surface area contributed by atoms with Gasteiger partial charge in [-0.1, -0.05) is 182 Å². The van der Waals surface area contributed by atoms with Crippen molar-refractivity contribution < 1.29 is 33.1 Å². The Labute approximate surface area is 722 Å². The van der Waals surface area contributed by atoms with E-state index in [9.17, 15) is 0 Å². The lowest BCUT2D eigenvalue weighted by Crippen LogP contribution is -2.39. The third-order valence-corrected chi connectivity index (χ3v) is 24.5. The molecule has 6 aromatic heterocycles. The van der Waals surface area contributed by atoms with Crippen LogP contribution in [0.1, 0.15) is 101 Å². The Morgan fingerprint density at radius 2 is 0.615 bits per heavy atom. The molecule has 612 valence electrons. The van der Waals surface area contributed by atoms with Gasteiger partial charge in [-0.05, 0) is 179 Å². The van der Waals surface area contributed by atoms with Gasteiger partial charge in [-0.3, -0.25) is 4.90 Å². The second-order valence-electron chi connectivity index (χ2n) is 32.4. The van der Waals surface area contributed by atoms with Gasteiger partial charge in [0.1, 0.15) is 58.7 Å². The Morgan fingerprint density at radius 1 is 0.295 bits per heavy atom. The van der Waals surface area contributed by atoms with Crippen LogP contribution in [0.15, 0.2) is 308 Å². The summed E-state index contributed by atoms with van der Waals surface area (Å²) >= 11 is 0. The number of hydrogen-bond acceptors (Lipinski definition) is 17. The number of fused-ring (bicyclic) bond motifs is 17. The summed E-state index contributed by atoms with van der Waals surface area (Å²) in [5, 5.41) is 11.0. The van der Waals surface area contributed by atoms with Crippen LogP contribution >= 0.6 is 0 Å². The van der Waals surface area contributed by atoms with Crippen LogP contribution in [0.25, 0.3) is 110 Å². The highest BCUT2D eigenvalue weighted by molar-refractivity contribution is 6.15. The van der Waals surface area contributed by atoms with E-state index in [-0.39, 0.29) is 30.8 Å². The Morgan fingerprint density at radius 3 is 0.975 bits per heavy atom. The van der Waals surface area contributed by atoms with Crippen molar-refractivity contribution in [3.63, 3.8) is 0 Å². The molecule has 12 aromatic carbocycles.